The van der Waals surface area contributed by atoms with E-state index in [1.54, 1.807) is 12.1 Å². The molecule has 0 bridgehead atoms. The van der Waals surface area contributed by atoms with E-state index in [4.69, 9.17) is 9.84 Å². The first-order valence-corrected chi connectivity index (χ1v) is 8.57. The summed E-state index contributed by atoms with van der Waals surface area (Å²) in [7, 11) is 0. The lowest BCUT2D eigenvalue weighted by Gasteiger charge is -2.19. The topological polar surface area (TPSA) is 75.6 Å². The first kappa shape index (κ1) is 18.0. The van der Waals surface area contributed by atoms with E-state index in [0.29, 0.717) is 12.3 Å². The van der Waals surface area contributed by atoms with Gasteiger partial charge in [-0.05, 0) is 30.0 Å². The standard InChI is InChI=1S/C18H21NO4S/c1-12(2)10-14(15-8-9-16(24-15)17(20)21)19-18(22)23-11-13-6-4-3-5-7-13/h3-9,12,14H,10-11H2,1-2H3,(H,19,22)(H,20,21). The molecule has 2 aromatic rings. The molecular weight excluding hydrogens is 326 g/mol. The molecule has 0 fully saturated rings. The molecule has 1 aromatic heterocycles. The minimum atomic E-state index is -0.957. The maximum atomic E-state index is 12.1. The molecular formula is C18H21NO4S. The summed E-state index contributed by atoms with van der Waals surface area (Å²) in [5.41, 5.74) is 0.914. The molecule has 0 radical (unpaired) electrons. The van der Waals surface area contributed by atoms with Crippen LogP contribution in [0.25, 0.3) is 0 Å². The Hall–Kier alpha value is -2.34. The molecule has 0 aliphatic heterocycles. The Morgan fingerprint density at radius 1 is 1.17 bits per heavy atom. The maximum absolute atomic E-state index is 12.1. The van der Waals surface area contributed by atoms with Crippen LogP contribution in [0.15, 0.2) is 42.5 Å². The van der Waals surface area contributed by atoms with E-state index in [1.165, 1.54) is 11.3 Å². The summed E-state index contributed by atoms with van der Waals surface area (Å²) in [4.78, 5) is 24.2. The molecule has 0 saturated carbocycles. The van der Waals surface area contributed by atoms with Gasteiger partial charge in [-0.1, -0.05) is 44.2 Å². The normalized spacial score (nSPS) is 12.0. The second-order valence-corrected chi connectivity index (χ2v) is 7.01. The molecule has 0 aliphatic carbocycles. The number of benzene rings is 1. The summed E-state index contributed by atoms with van der Waals surface area (Å²) in [5, 5.41) is 11.9. The number of hydrogen-bond donors (Lipinski definition) is 2. The van der Waals surface area contributed by atoms with Crippen molar-refractivity contribution in [3.8, 4) is 0 Å². The largest absolute Gasteiger partial charge is 0.477 e. The van der Waals surface area contributed by atoms with Gasteiger partial charge in [0.2, 0.25) is 0 Å². The van der Waals surface area contributed by atoms with E-state index in [2.05, 4.69) is 19.2 Å². The van der Waals surface area contributed by atoms with E-state index in [1.807, 2.05) is 30.3 Å². The molecule has 1 aromatic carbocycles. The number of thiophene rings is 1. The predicted octanol–water partition coefficient (Wildman–Crippen LogP) is 4.46. The van der Waals surface area contributed by atoms with Gasteiger partial charge in [-0.3, -0.25) is 0 Å². The van der Waals surface area contributed by atoms with Crippen LogP contribution >= 0.6 is 11.3 Å². The molecule has 6 heteroatoms. The number of hydrogen-bond acceptors (Lipinski definition) is 4. The molecule has 5 nitrogen and oxygen atoms in total. The molecule has 0 spiro atoms. The molecule has 1 amide bonds. The lowest BCUT2D eigenvalue weighted by Crippen LogP contribution is -2.29. The summed E-state index contributed by atoms with van der Waals surface area (Å²) in [6, 6.07) is 12.5. The van der Waals surface area contributed by atoms with Crippen LogP contribution in [-0.4, -0.2) is 17.2 Å². The van der Waals surface area contributed by atoms with Gasteiger partial charge >= 0.3 is 12.1 Å². The van der Waals surface area contributed by atoms with Crippen LogP contribution in [0, 0.1) is 5.92 Å². The van der Waals surface area contributed by atoms with E-state index in [-0.39, 0.29) is 17.5 Å². The van der Waals surface area contributed by atoms with Crippen molar-refractivity contribution in [1.82, 2.24) is 5.32 Å². The van der Waals surface area contributed by atoms with Crippen molar-refractivity contribution in [3.63, 3.8) is 0 Å². The van der Waals surface area contributed by atoms with Crippen LogP contribution in [-0.2, 0) is 11.3 Å². The number of carbonyl (C=O) groups is 2. The van der Waals surface area contributed by atoms with Crippen molar-refractivity contribution in [3.05, 3.63) is 57.8 Å². The van der Waals surface area contributed by atoms with Crippen molar-refractivity contribution in [1.29, 1.82) is 0 Å². The molecule has 0 saturated heterocycles. The zero-order valence-corrected chi connectivity index (χ0v) is 14.5. The molecule has 2 N–H and O–H groups in total. The summed E-state index contributed by atoms with van der Waals surface area (Å²) in [6.07, 6.45) is 0.204. The van der Waals surface area contributed by atoms with Crippen molar-refractivity contribution >= 4 is 23.4 Å². The number of ether oxygens (including phenoxy) is 1. The van der Waals surface area contributed by atoms with Crippen LogP contribution < -0.4 is 5.32 Å². The van der Waals surface area contributed by atoms with E-state index in [0.717, 1.165) is 10.4 Å². The van der Waals surface area contributed by atoms with Gasteiger partial charge in [-0.2, -0.15) is 0 Å². The second kappa shape index (κ2) is 8.49. The van der Waals surface area contributed by atoms with Gasteiger partial charge in [0.05, 0.1) is 6.04 Å². The van der Waals surface area contributed by atoms with Gasteiger partial charge < -0.3 is 15.2 Å². The van der Waals surface area contributed by atoms with Gasteiger partial charge in [0.15, 0.2) is 0 Å². The first-order valence-electron chi connectivity index (χ1n) is 7.76. The predicted molar refractivity (Wildman–Crippen MR) is 93.2 cm³/mol. The van der Waals surface area contributed by atoms with Crippen molar-refractivity contribution in [2.45, 2.75) is 32.9 Å². The zero-order valence-electron chi connectivity index (χ0n) is 13.7. The Balaban J connectivity index is 1.99. The molecule has 1 heterocycles. The highest BCUT2D eigenvalue weighted by Gasteiger charge is 2.20. The Kier molecular flexibility index (Phi) is 6.37. The number of rotatable bonds is 7. The first-order chi connectivity index (χ1) is 11.5. The number of alkyl carbamates (subject to hydrolysis) is 1. The van der Waals surface area contributed by atoms with Gasteiger partial charge in [-0.15, -0.1) is 11.3 Å². The van der Waals surface area contributed by atoms with Crippen LogP contribution in [0.5, 0.6) is 0 Å². The van der Waals surface area contributed by atoms with Gasteiger partial charge in [0.25, 0.3) is 0 Å². The minimum Gasteiger partial charge on any atom is -0.477 e. The molecule has 24 heavy (non-hydrogen) atoms. The Bertz CT molecular complexity index is 681. The van der Waals surface area contributed by atoms with Crippen LogP contribution in [0.1, 0.15) is 46.4 Å². The van der Waals surface area contributed by atoms with Crippen LogP contribution in [0.4, 0.5) is 4.79 Å². The fourth-order valence-electron chi connectivity index (χ4n) is 2.28. The van der Waals surface area contributed by atoms with E-state index < -0.39 is 12.1 Å². The molecule has 2 rings (SSSR count). The number of carbonyl (C=O) groups excluding carboxylic acids is 1. The average molecular weight is 347 g/mol. The zero-order chi connectivity index (χ0) is 17.5. The summed E-state index contributed by atoms with van der Waals surface area (Å²) < 4.78 is 5.25. The quantitative estimate of drug-likeness (QED) is 0.775. The SMILES string of the molecule is CC(C)CC(NC(=O)OCc1ccccc1)c1ccc(C(=O)O)s1. The van der Waals surface area contributed by atoms with E-state index >= 15 is 0 Å². The smallest absolute Gasteiger partial charge is 0.407 e. The molecule has 1 unspecified atom stereocenters. The number of nitrogens with one attached hydrogen (secondary N) is 1. The minimum absolute atomic E-state index is 0.200. The Morgan fingerprint density at radius 3 is 2.46 bits per heavy atom. The van der Waals surface area contributed by atoms with Gasteiger partial charge in [-0.25, -0.2) is 9.59 Å². The monoisotopic (exact) mass is 347 g/mol. The Morgan fingerprint density at radius 2 is 1.88 bits per heavy atom. The molecule has 0 aliphatic rings. The highest BCUT2D eigenvalue weighted by Crippen LogP contribution is 2.28. The van der Waals surface area contributed by atoms with Gasteiger partial charge in [0, 0.05) is 4.88 Å². The molecule has 1 atom stereocenters. The summed E-state index contributed by atoms with van der Waals surface area (Å²) in [6.45, 7) is 4.30. The van der Waals surface area contributed by atoms with Crippen molar-refractivity contribution in [2.75, 3.05) is 0 Å². The fraction of sp³-hybridized carbons (Fsp3) is 0.333. The number of amides is 1. The Labute approximate surface area is 145 Å². The summed E-state index contributed by atoms with van der Waals surface area (Å²) in [5.74, 6) is -0.610. The molecule has 128 valence electrons. The maximum Gasteiger partial charge on any atom is 0.407 e. The number of carboxylic acid groups (broad SMARTS) is 1. The van der Waals surface area contributed by atoms with E-state index in [9.17, 15) is 9.59 Å². The highest BCUT2D eigenvalue weighted by atomic mass is 32.1. The van der Waals surface area contributed by atoms with Crippen molar-refractivity contribution in [2.24, 2.45) is 5.92 Å². The lowest BCUT2D eigenvalue weighted by atomic mass is 10.0. The van der Waals surface area contributed by atoms with Gasteiger partial charge in [0.1, 0.15) is 11.5 Å². The number of carboxylic acids is 1. The van der Waals surface area contributed by atoms with Crippen LogP contribution in [0.2, 0.25) is 0 Å². The summed E-state index contributed by atoms with van der Waals surface area (Å²) >= 11 is 1.18. The fourth-order valence-corrected chi connectivity index (χ4v) is 3.19. The third kappa shape index (κ3) is 5.38. The second-order valence-electron chi connectivity index (χ2n) is 5.90. The van der Waals surface area contributed by atoms with Crippen molar-refractivity contribution < 1.29 is 19.4 Å². The average Bonchev–Trinajstić information content (AvgIpc) is 3.03. The highest BCUT2D eigenvalue weighted by molar-refractivity contribution is 7.14. The van der Waals surface area contributed by atoms with Crippen LogP contribution in [0.3, 0.4) is 0 Å². The third-order valence-corrected chi connectivity index (χ3v) is 4.58. The third-order valence-electron chi connectivity index (χ3n) is 3.39. The number of aromatic carboxylic acids is 1. The lowest BCUT2D eigenvalue weighted by molar-refractivity contribution is 0.0702.